The number of rotatable bonds is 3. The van der Waals surface area contributed by atoms with Crippen LogP contribution >= 0.6 is 10.7 Å². The molecule has 0 spiro atoms. The number of benzene rings is 1. The number of hydrogen-bond acceptors (Lipinski definition) is 3. The molecule has 0 saturated carbocycles. The fourth-order valence-electron chi connectivity index (χ4n) is 1.04. The molecule has 0 heterocycles. The van der Waals surface area contributed by atoms with Crippen LogP contribution in [0.25, 0.3) is 0 Å². The van der Waals surface area contributed by atoms with Crippen molar-refractivity contribution in [3.63, 3.8) is 0 Å². The van der Waals surface area contributed by atoms with E-state index in [4.69, 9.17) is 18.1 Å². The van der Waals surface area contributed by atoms with Gasteiger partial charge in [0.1, 0.15) is 5.75 Å². The monoisotopic (exact) mass is 266 g/mol. The van der Waals surface area contributed by atoms with E-state index >= 15 is 0 Å². The minimum absolute atomic E-state index is 0.352. The van der Waals surface area contributed by atoms with Gasteiger partial charge in [-0.1, -0.05) is 25.5 Å². The van der Waals surface area contributed by atoms with Crippen LogP contribution in [0, 0.1) is 0 Å². The van der Waals surface area contributed by atoms with Gasteiger partial charge >= 0.3 is 9.33 Å². The highest BCUT2D eigenvalue weighted by Crippen LogP contribution is 2.11. The molecule has 0 aliphatic carbocycles. The van der Waals surface area contributed by atoms with E-state index in [9.17, 15) is 0 Å². The van der Waals surface area contributed by atoms with E-state index in [1.807, 2.05) is 12.1 Å². The Kier molecular flexibility index (Phi) is 7.12. The van der Waals surface area contributed by atoms with E-state index in [0.717, 1.165) is 6.42 Å². The Morgan fingerprint density at radius 1 is 1.25 bits per heavy atom. The Morgan fingerprint density at radius 3 is 2.06 bits per heavy atom. The van der Waals surface area contributed by atoms with Crippen molar-refractivity contribution in [2.75, 3.05) is 0 Å². The third-order valence-corrected chi connectivity index (χ3v) is 1.76. The van der Waals surface area contributed by atoms with Crippen LogP contribution in [0.5, 0.6) is 5.75 Å². The number of phenolic OH excluding ortho intramolecular Hbond substituents is 1. The fourth-order valence-corrected chi connectivity index (χ4v) is 1.04. The first-order chi connectivity index (χ1) is 7.33. The molecule has 2 N–H and O–H groups in total. The van der Waals surface area contributed by atoms with Crippen LogP contribution in [0.2, 0.25) is 0 Å². The van der Waals surface area contributed by atoms with E-state index in [2.05, 4.69) is 17.6 Å². The molecule has 0 bridgehead atoms. The number of unbranched alkanes of at least 4 members (excludes halogenated alkanes) is 1. The fraction of sp³-hybridized carbons (Fsp3) is 0.400. The Bertz CT molecular complexity index is 378. The molecule has 0 radical (unpaired) electrons. The first-order valence-electron chi connectivity index (χ1n) is 4.78. The van der Waals surface area contributed by atoms with Gasteiger partial charge in [0, 0.05) is 10.7 Å². The summed E-state index contributed by atoms with van der Waals surface area (Å²) in [5, 5.41) is 8.98. The molecule has 0 fully saturated rings. The summed E-state index contributed by atoms with van der Waals surface area (Å²) in [6.07, 6.45) is 3.57. The lowest BCUT2D eigenvalue weighted by Crippen LogP contribution is -1.82. The highest BCUT2D eigenvalue weighted by Gasteiger charge is 1.91. The minimum atomic E-state index is -4.19. The molecule has 4 nitrogen and oxygen atoms in total. The summed E-state index contributed by atoms with van der Waals surface area (Å²) in [4.78, 5) is 0. The zero-order valence-corrected chi connectivity index (χ0v) is 10.5. The first-order valence-corrected chi connectivity index (χ1v) is 7.04. The number of aryl methyl sites for hydroxylation is 1. The largest absolute Gasteiger partial charge is 0.508 e. The lowest BCUT2D eigenvalue weighted by molar-refractivity contribution is 0.475. The molecular weight excluding hydrogens is 252 g/mol. The van der Waals surface area contributed by atoms with Crippen LogP contribution in [-0.2, 0) is 15.8 Å². The molecule has 0 aliphatic heterocycles. The lowest BCUT2D eigenvalue weighted by Gasteiger charge is -1.98. The van der Waals surface area contributed by atoms with Gasteiger partial charge in [-0.15, -0.1) is 0 Å². The van der Waals surface area contributed by atoms with Gasteiger partial charge in [0.2, 0.25) is 0 Å². The normalized spacial score (nSPS) is 10.4. The molecular formula is C10H15ClO4S. The van der Waals surface area contributed by atoms with Gasteiger partial charge in [0.15, 0.2) is 0 Å². The molecule has 0 unspecified atom stereocenters. The van der Waals surface area contributed by atoms with Crippen molar-refractivity contribution in [3.8, 4) is 5.75 Å². The number of phenols is 1. The van der Waals surface area contributed by atoms with Crippen molar-refractivity contribution in [1.29, 1.82) is 0 Å². The second-order valence-electron chi connectivity index (χ2n) is 3.18. The molecule has 0 aliphatic rings. The maximum absolute atomic E-state index is 8.98. The average Bonchev–Trinajstić information content (AvgIpc) is 2.14. The summed E-state index contributed by atoms with van der Waals surface area (Å²) < 4.78 is 25.2. The quantitative estimate of drug-likeness (QED) is 0.652. The van der Waals surface area contributed by atoms with Gasteiger partial charge < -0.3 is 5.11 Å². The van der Waals surface area contributed by atoms with Crippen molar-refractivity contribution in [1.82, 2.24) is 0 Å². The van der Waals surface area contributed by atoms with Crippen LogP contribution < -0.4 is 0 Å². The third-order valence-electron chi connectivity index (χ3n) is 1.76. The van der Waals surface area contributed by atoms with E-state index in [1.54, 1.807) is 12.1 Å². The second kappa shape index (κ2) is 7.49. The molecule has 0 saturated heterocycles. The van der Waals surface area contributed by atoms with Gasteiger partial charge in [-0.25, -0.2) is 0 Å². The summed E-state index contributed by atoms with van der Waals surface area (Å²) >= 11 is 0. The molecule has 1 rings (SSSR count). The smallest absolute Gasteiger partial charge is 0.353 e. The topological polar surface area (TPSA) is 74.6 Å². The van der Waals surface area contributed by atoms with Gasteiger partial charge in [0.05, 0.1) is 0 Å². The highest BCUT2D eigenvalue weighted by atomic mass is 35.7. The van der Waals surface area contributed by atoms with Crippen LogP contribution in [0.3, 0.4) is 0 Å². The van der Waals surface area contributed by atoms with Crippen molar-refractivity contribution in [2.45, 2.75) is 26.2 Å². The van der Waals surface area contributed by atoms with Gasteiger partial charge in [-0.2, -0.15) is 8.42 Å². The Labute approximate surface area is 100 Å². The van der Waals surface area contributed by atoms with Crippen LogP contribution in [-0.4, -0.2) is 18.1 Å². The predicted octanol–water partition coefficient (Wildman–Crippen LogP) is 2.76. The van der Waals surface area contributed by atoms with E-state index < -0.39 is 9.33 Å². The Balaban J connectivity index is 0.000000385. The Hall–Kier alpha value is -0.780. The Morgan fingerprint density at radius 2 is 1.69 bits per heavy atom. The van der Waals surface area contributed by atoms with Crippen molar-refractivity contribution in [2.24, 2.45) is 0 Å². The molecule has 0 atom stereocenters. The minimum Gasteiger partial charge on any atom is -0.508 e. The summed E-state index contributed by atoms with van der Waals surface area (Å²) in [7, 11) is -0.137. The molecule has 0 aromatic heterocycles. The summed E-state index contributed by atoms with van der Waals surface area (Å²) in [6.45, 7) is 2.18. The lowest BCUT2D eigenvalue weighted by atomic mass is 10.1. The van der Waals surface area contributed by atoms with Crippen molar-refractivity contribution in [3.05, 3.63) is 29.8 Å². The maximum Gasteiger partial charge on any atom is 0.353 e. The number of aromatic hydroxyl groups is 1. The molecule has 16 heavy (non-hydrogen) atoms. The van der Waals surface area contributed by atoms with Gasteiger partial charge in [0.25, 0.3) is 0 Å². The van der Waals surface area contributed by atoms with Gasteiger partial charge in [-0.05, 0) is 30.5 Å². The zero-order valence-electron chi connectivity index (χ0n) is 8.93. The first kappa shape index (κ1) is 15.2. The number of hydrogen-bond donors (Lipinski definition) is 2. The summed E-state index contributed by atoms with van der Waals surface area (Å²) in [5.41, 5.74) is 1.31. The van der Waals surface area contributed by atoms with Crippen LogP contribution in [0.4, 0.5) is 0 Å². The SMILES string of the molecule is CCCCc1ccc(O)cc1.O=S(=O)(O)Cl. The molecule has 0 amide bonds. The number of halogens is 1. The zero-order chi connectivity index (χ0) is 12.6. The second-order valence-corrected chi connectivity index (χ2v) is 5.18. The van der Waals surface area contributed by atoms with Crippen LogP contribution in [0.1, 0.15) is 25.3 Å². The standard InChI is InChI=1S/C10H14O.ClHO3S/c1-2-3-4-9-5-7-10(11)8-6-9;1-5(2,3)4/h5-8,11H,2-4H2,1H3;(H,2,3,4). The highest BCUT2D eigenvalue weighted by molar-refractivity contribution is 8.09. The average molecular weight is 267 g/mol. The van der Waals surface area contributed by atoms with E-state index in [0.29, 0.717) is 5.75 Å². The summed E-state index contributed by atoms with van der Waals surface area (Å²) in [5.74, 6) is 0.352. The van der Waals surface area contributed by atoms with E-state index in [-0.39, 0.29) is 0 Å². The van der Waals surface area contributed by atoms with Crippen molar-refractivity contribution < 1.29 is 18.1 Å². The molecule has 6 heteroatoms. The molecule has 92 valence electrons. The predicted molar refractivity (Wildman–Crippen MR) is 64.1 cm³/mol. The van der Waals surface area contributed by atoms with Crippen LogP contribution in [0.15, 0.2) is 24.3 Å². The third kappa shape index (κ3) is 11.3. The summed E-state index contributed by atoms with van der Waals surface area (Å²) in [6, 6.07) is 7.44. The molecule has 1 aromatic rings. The van der Waals surface area contributed by atoms with Crippen molar-refractivity contribution >= 4 is 20.0 Å². The maximum atomic E-state index is 8.98. The van der Waals surface area contributed by atoms with E-state index in [1.165, 1.54) is 18.4 Å². The molecule has 1 aromatic carbocycles. The van der Waals surface area contributed by atoms with Gasteiger partial charge in [-0.3, -0.25) is 4.55 Å².